The Hall–Kier alpha value is -2.50. The number of rotatable bonds is 5. The number of ether oxygens (including phenoxy) is 1. The fourth-order valence-electron chi connectivity index (χ4n) is 3.37. The molecule has 0 bridgehead atoms. The van der Waals surface area contributed by atoms with Gasteiger partial charge in [0.1, 0.15) is 5.60 Å². The molecular weight excluding hydrogens is 334 g/mol. The minimum Gasteiger partial charge on any atom is -0.460 e. The minimum atomic E-state index is -0.663. The largest absolute Gasteiger partial charge is 0.460 e. The van der Waals surface area contributed by atoms with Gasteiger partial charge in [0.15, 0.2) is 5.78 Å². The molecule has 0 heterocycles. The van der Waals surface area contributed by atoms with Crippen molar-refractivity contribution in [3.8, 4) is 0 Å². The molecular formula is C20H25NO5. The van der Waals surface area contributed by atoms with E-state index in [2.05, 4.69) is 0 Å². The number of nitro groups is 1. The van der Waals surface area contributed by atoms with Gasteiger partial charge in [-0.15, -0.1) is 0 Å². The summed E-state index contributed by atoms with van der Waals surface area (Å²) in [5.74, 6) is -1.71. The molecule has 0 saturated heterocycles. The van der Waals surface area contributed by atoms with Crippen molar-refractivity contribution in [2.75, 3.05) is 6.54 Å². The summed E-state index contributed by atoms with van der Waals surface area (Å²) in [6.07, 6.45) is 0.570. The number of Topliss-reactive ketones (excluding diaryl/α,β-unsaturated/α-hetero) is 1. The molecule has 0 fully saturated rings. The molecule has 0 radical (unpaired) electrons. The van der Waals surface area contributed by atoms with Crippen molar-refractivity contribution in [2.24, 2.45) is 5.92 Å². The van der Waals surface area contributed by atoms with Crippen LogP contribution in [-0.2, 0) is 14.3 Å². The number of hydrogen-bond donors (Lipinski definition) is 0. The second-order valence-electron chi connectivity index (χ2n) is 7.62. The van der Waals surface area contributed by atoms with Crippen molar-refractivity contribution in [3.63, 3.8) is 0 Å². The minimum absolute atomic E-state index is 0.127. The fraction of sp³-hybridized carbons (Fsp3) is 0.500. The topological polar surface area (TPSA) is 86.5 Å². The van der Waals surface area contributed by atoms with E-state index in [0.29, 0.717) is 23.1 Å². The van der Waals surface area contributed by atoms with Crippen LogP contribution in [0.5, 0.6) is 0 Å². The summed E-state index contributed by atoms with van der Waals surface area (Å²) in [6.45, 7) is 6.70. The highest BCUT2D eigenvalue weighted by Gasteiger charge is 2.38. The highest BCUT2D eigenvalue weighted by atomic mass is 16.6. The maximum absolute atomic E-state index is 12.6. The van der Waals surface area contributed by atoms with E-state index >= 15 is 0 Å². The number of nitrogens with zero attached hydrogens (tertiary/aromatic N) is 1. The first-order chi connectivity index (χ1) is 12.1. The molecule has 1 aliphatic carbocycles. The molecule has 26 heavy (non-hydrogen) atoms. The molecule has 0 saturated carbocycles. The van der Waals surface area contributed by atoms with Gasteiger partial charge in [0.05, 0.1) is 11.8 Å². The number of carbonyl (C=O) groups excluding carboxylic acids is 2. The van der Waals surface area contributed by atoms with Gasteiger partial charge in [-0.1, -0.05) is 35.9 Å². The summed E-state index contributed by atoms with van der Waals surface area (Å²) in [5, 5.41) is 11.2. The van der Waals surface area contributed by atoms with Crippen LogP contribution in [0.25, 0.3) is 0 Å². The molecule has 0 aromatic heterocycles. The lowest BCUT2D eigenvalue weighted by molar-refractivity contribution is -0.481. The first kappa shape index (κ1) is 19.8. The molecule has 1 aromatic carbocycles. The zero-order valence-electron chi connectivity index (χ0n) is 15.7. The van der Waals surface area contributed by atoms with Gasteiger partial charge in [0, 0.05) is 16.9 Å². The predicted molar refractivity (Wildman–Crippen MR) is 97.3 cm³/mol. The average molecular weight is 359 g/mol. The lowest BCUT2D eigenvalue weighted by atomic mass is 9.75. The van der Waals surface area contributed by atoms with Crippen molar-refractivity contribution >= 4 is 11.8 Å². The summed E-state index contributed by atoms with van der Waals surface area (Å²) >= 11 is 0. The molecule has 1 aromatic rings. The van der Waals surface area contributed by atoms with E-state index in [1.807, 2.05) is 6.07 Å². The predicted octanol–water partition coefficient (Wildman–Crippen LogP) is 3.68. The number of ketones is 1. The van der Waals surface area contributed by atoms with Crippen molar-refractivity contribution in [1.29, 1.82) is 0 Å². The van der Waals surface area contributed by atoms with E-state index in [4.69, 9.17) is 4.74 Å². The first-order valence-corrected chi connectivity index (χ1v) is 8.73. The van der Waals surface area contributed by atoms with Crippen LogP contribution >= 0.6 is 0 Å². The Morgan fingerprint density at radius 2 is 1.92 bits per heavy atom. The molecule has 0 amide bonds. The van der Waals surface area contributed by atoms with E-state index in [9.17, 15) is 19.7 Å². The van der Waals surface area contributed by atoms with Gasteiger partial charge in [0.25, 0.3) is 0 Å². The third kappa shape index (κ3) is 4.77. The van der Waals surface area contributed by atoms with E-state index in [-0.39, 0.29) is 24.7 Å². The average Bonchev–Trinajstić information content (AvgIpc) is 2.52. The highest BCUT2D eigenvalue weighted by Crippen LogP contribution is 2.37. The second-order valence-corrected chi connectivity index (χ2v) is 7.62. The molecule has 2 atom stereocenters. The van der Waals surface area contributed by atoms with Gasteiger partial charge < -0.3 is 4.74 Å². The third-order valence-corrected chi connectivity index (χ3v) is 4.48. The molecule has 0 spiro atoms. The van der Waals surface area contributed by atoms with Crippen LogP contribution in [0.3, 0.4) is 0 Å². The SMILES string of the molecule is CC1=C([C@@H](C[N+](=O)[O-])c2ccccc2)C(=O)CC[C@@H]1C(=O)OC(C)(C)C. The van der Waals surface area contributed by atoms with Crippen LogP contribution < -0.4 is 0 Å². The van der Waals surface area contributed by atoms with Gasteiger partial charge in [-0.05, 0) is 39.7 Å². The maximum Gasteiger partial charge on any atom is 0.313 e. The molecule has 0 aliphatic heterocycles. The zero-order valence-corrected chi connectivity index (χ0v) is 15.7. The number of esters is 1. The quantitative estimate of drug-likeness (QED) is 0.455. The summed E-state index contributed by atoms with van der Waals surface area (Å²) in [7, 11) is 0. The number of carbonyl (C=O) groups is 2. The maximum atomic E-state index is 12.6. The number of benzene rings is 1. The van der Waals surface area contributed by atoms with Gasteiger partial charge in [-0.2, -0.15) is 0 Å². The highest BCUT2D eigenvalue weighted by molar-refractivity contribution is 6.00. The van der Waals surface area contributed by atoms with Crippen LogP contribution in [0, 0.1) is 16.0 Å². The summed E-state index contributed by atoms with van der Waals surface area (Å²) < 4.78 is 5.48. The molecule has 1 aliphatic rings. The Morgan fingerprint density at radius 3 is 2.46 bits per heavy atom. The molecule has 0 N–H and O–H groups in total. The zero-order chi connectivity index (χ0) is 19.5. The van der Waals surface area contributed by atoms with Crippen LogP contribution in [-0.4, -0.2) is 28.8 Å². The Kier molecular flexibility index (Phi) is 5.95. The van der Waals surface area contributed by atoms with Crippen molar-refractivity contribution < 1.29 is 19.2 Å². The smallest absolute Gasteiger partial charge is 0.313 e. The van der Waals surface area contributed by atoms with Crippen LogP contribution in [0.2, 0.25) is 0 Å². The second kappa shape index (κ2) is 7.81. The Balaban J connectivity index is 2.46. The lowest BCUT2D eigenvalue weighted by Crippen LogP contribution is -2.34. The Bertz CT molecular complexity index is 730. The standard InChI is InChI=1S/C20H25NO5/c1-13-15(19(23)26-20(2,3)4)10-11-17(22)18(13)16(12-21(24)25)14-8-6-5-7-9-14/h5-9,15-16H,10-12H2,1-4H3/t15-,16-/m0/s1. The van der Waals surface area contributed by atoms with Gasteiger partial charge >= 0.3 is 5.97 Å². The third-order valence-electron chi connectivity index (χ3n) is 4.48. The summed E-state index contributed by atoms with van der Waals surface area (Å²) in [4.78, 5) is 36.0. The van der Waals surface area contributed by atoms with E-state index in [0.717, 1.165) is 0 Å². The normalized spacial score (nSPS) is 19.2. The Labute approximate surface area is 153 Å². The van der Waals surface area contributed by atoms with Crippen molar-refractivity contribution in [1.82, 2.24) is 0 Å². The van der Waals surface area contributed by atoms with Crippen LogP contribution in [0.15, 0.2) is 41.5 Å². The molecule has 6 nitrogen and oxygen atoms in total. The molecule has 6 heteroatoms. The van der Waals surface area contributed by atoms with Crippen molar-refractivity contribution in [2.45, 2.75) is 52.1 Å². The molecule has 140 valence electrons. The Morgan fingerprint density at radius 1 is 1.31 bits per heavy atom. The van der Waals surface area contributed by atoms with Crippen molar-refractivity contribution in [3.05, 3.63) is 57.2 Å². The number of hydrogen-bond acceptors (Lipinski definition) is 5. The monoisotopic (exact) mass is 359 g/mol. The van der Waals surface area contributed by atoms with Crippen LogP contribution in [0.1, 0.15) is 52.0 Å². The first-order valence-electron chi connectivity index (χ1n) is 8.73. The molecule has 0 unspecified atom stereocenters. The summed E-state index contributed by atoms with van der Waals surface area (Å²) in [6, 6.07) is 8.95. The summed E-state index contributed by atoms with van der Waals surface area (Å²) in [5.41, 5.74) is 1.05. The van der Waals surface area contributed by atoms with Gasteiger partial charge in [0.2, 0.25) is 6.54 Å². The lowest BCUT2D eigenvalue weighted by Gasteiger charge is -2.30. The fourth-order valence-corrected chi connectivity index (χ4v) is 3.37. The van der Waals surface area contributed by atoms with E-state index in [1.165, 1.54) is 0 Å². The van der Waals surface area contributed by atoms with E-state index in [1.54, 1.807) is 52.0 Å². The van der Waals surface area contributed by atoms with Gasteiger partial charge in [-0.25, -0.2) is 0 Å². The van der Waals surface area contributed by atoms with E-state index < -0.39 is 22.4 Å². The van der Waals surface area contributed by atoms with Crippen LogP contribution in [0.4, 0.5) is 0 Å². The van der Waals surface area contributed by atoms with Gasteiger partial charge in [-0.3, -0.25) is 19.7 Å². The molecule has 2 rings (SSSR count).